The van der Waals surface area contributed by atoms with Crippen LogP contribution in [0.2, 0.25) is 0 Å². The number of benzene rings is 2. The molecule has 8 heteroatoms. The number of hydrogen-bond acceptors (Lipinski definition) is 4. The molecule has 0 aliphatic heterocycles. The smallest absolute Gasteiger partial charge is 0.262 e. The number of para-hydroxylation sites is 1. The summed E-state index contributed by atoms with van der Waals surface area (Å²) in [5, 5.41) is 6.37. The van der Waals surface area contributed by atoms with Crippen molar-refractivity contribution in [3.05, 3.63) is 78.3 Å². The summed E-state index contributed by atoms with van der Waals surface area (Å²) >= 11 is 5.25. The highest BCUT2D eigenvalue weighted by Gasteiger charge is 2.18. The Morgan fingerprint density at radius 1 is 1.04 bits per heavy atom. The fourth-order valence-electron chi connectivity index (χ4n) is 2.44. The third-order valence-corrected chi connectivity index (χ3v) is 5.53. The number of rotatable bonds is 6. The summed E-state index contributed by atoms with van der Waals surface area (Å²) in [6.45, 7) is 2.18. The SMILES string of the molecule is Cc1ccc(NC(=S)NCc2ccco2)cc1S(=O)(=O)Nc1ccccc1. The van der Waals surface area contributed by atoms with E-state index in [1.807, 2.05) is 12.1 Å². The van der Waals surface area contributed by atoms with Gasteiger partial charge >= 0.3 is 0 Å². The summed E-state index contributed by atoms with van der Waals surface area (Å²) < 4.78 is 33.3. The third kappa shape index (κ3) is 5.08. The zero-order valence-electron chi connectivity index (χ0n) is 14.6. The number of anilines is 2. The molecule has 0 aliphatic rings. The lowest BCUT2D eigenvalue weighted by Gasteiger charge is -2.14. The maximum Gasteiger partial charge on any atom is 0.262 e. The molecule has 0 spiro atoms. The second-order valence-corrected chi connectivity index (χ2v) is 7.90. The summed E-state index contributed by atoms with van der Waals surface area (Å²) in [6.07, 6.45) is 1.59. The van der Waals surface area contributed by atoms with Gasteiger partial charge in [-0.25, -0.2) is 8.42 Å². The van der Waals surface area contributed by atoms with Crippen molar-refractivity contribution in [1.29, 1.82) is 0 Å². The summed E-state index contributed by atoms with van der Waals surface area (Å²) in [4.78, 5) is 0.185. The summed E-state index contributed by atoms with van der Waals surface area (Å²) in [6, 6.07) is 17.5. The fraction of sp³-hybridized carbons (Fsp3) is 0.105. The normalized spacial score (nSPS) is 11.0. The van der Waals surface area contributed by atoms with Crippen LogP contribution in [0, 0.1) is 6.92 Å². The molecule has 0 atom stereocenters. The highest BCUT2D eigenvalue weighted by Crippen LogP contribution is 2.23. The Kier molecular flexibility index (Phi) is 5.78. The molecule has 1 aromatic heterocycles. The maximum atomic E-state index is 12.7. The highest BCUT2D eigenvalue weighted by molar-refractivity contribution is 7.92. The number of thiocarbonyl (C=S) groups is 1. The van der Waals surface area contributed by atoms with Crippen LogP contribution in [0.1, 0.15) is 11.3 Å². The highest BCUT2D eigenvalue weighted by atomic mass is 32.2. The molecule has 27 heavy (non-hydrogen) atoms. The van der Waals surface area contributed by atoms with Crippen molar-refractivity contribution in [3.63, 3.8) is 0 Å². The molecule has 3 aromatic rings. The van der Waals surface area contributed by atoms with Crippen LogP contribution in [-0.2, 0) is 16.6 Å². The summed E-state index contributed by atoms with van der Waals surface area (Å²) in [5.41, 5.74) is 1.72. The quantitative estimate of drug-likeness (QED) is 0.544. The first kappa shape index (κ1) is 18.9. The fourth-order valence-corrected chi connectivity index (χ4v) is 3.96. The molecule has 0 radical (unpaired) electrons. The molecular weight excluding hydrogens is 382 g/mol. The molecule has 140 valence electrons. The van der Waals surface area contributed by atoms with E-state index in [0.29, 0.717) is 28.6 Å². The monoisotopic (exact) mass is 401 g/mol. The molecule has 6 nitrogen and oxygen atoms in total. The van der Waals surface area contributed by atoms with E-state index in [1.165, 1.54) is 0 Å². The van der Waals surface area contributed by atoms with E-state index >= 15 is 0 Å². The van der Waals surface area contributed by atoms with Crippen LogP contribution >= 0.6 is 12.2 Å². The standard InChI is InChI=1S/C19H19N3O3S2/c1-14-9-10-16(21-19(26)20-13-17-8-5-11-25-17)12-18(14)27(23,24)22-15-6-3-2-4-7-15/h2-12,22H,13H2,1H3,(H2,20,21,26). The van der Waals surface area contributed by atoms with Crippen molar-refractivity contribution in [2.75, 3.05) is 10.0 Å². The Morgan fingerprint density at radius 2 is 1.81 bits per heavy atom. The first-order valence-electron chi connectivity index (χ1n) is 8.20. The lowest BCUT2D eigenvalue weighted by atomic mass is 10.2. The molecule has 1 heterocycles. The van der Waals surface area contributed by atoms with Crippen LogP contribution < -0.4 is 15.4 Å². The van der Waals surface area contributed by atoms with Gasteiger partial charge in [0.15, 0.2) is 5.11 Å². The third-order valence-electron chi connectivity index (χ3n) is 3.76. The lowest BCUT2D eigenvalue weighted by molar-refractivity contribution is 0.503. The van der Waals surface area contributed by atoms with Crippen molar-refractivity contribution < 1.29 is 12.8 Å². The van der Waals surface area contributed by atoms with Crippen LogP contribution in [0.3, 0.4) is 0 Å². The Morgan fingerprint density at radius 3 is 2.52 bits per heavy atom. The number of nitrogens with one attached hydrogen (secondary N) is 3. The van der Waals surface area contributed by atoms with Crippen LogP contribution in [0.5, 0.6) is 0 Å². The minimum atomic E-state index is -3.72. The molecule has 0 fully saturated rings. The minimum absolute atomic E-state index is 0.185. The van der Waals surface area contributed by atoms with Gasteiger partial charge in [0.25, 0.3) is 10.0 Å². The van der Waals surface area contributed by atoms with Gasteiger partial charge in [0.2, 0.25) is 0 Å². The second-order valence-electron chi connectivity index (χ2n) is 5.84. The van der Waals surface area contributed by atoms with Crippen molar-refractivity contribution in [2.24, 2.45) is 0 Å². The van der Waals surface area contributed by atoms with E-state index in [4.69, 9.17) is 16.6 Å². The van der Waals surface area contributed by atoms with Crippen LogP contribution in [0.15, 0.2) is 76.2 Å². The van der Waals surface area contributed by atoms with Gasteiger partial charge in [0.1, 0.15) is 5.76 Å². The molecule has 0 saturated heterocycles. The molecule has 0 bridgehead atoms. The zero-order chi connectivity index (χ0) is 19.3. The Bertz CT molecular complexity index is 1020. The number of aryl methyl sites for hydroxylation is 1. The van der Waals surface area contributed by atoms with E-state index in [1.54, 1.807) is 61.7 Å². The minimum Gasteiger partial charge on any atom is -0.467 e. The van der Waals surface area contributed by atoms with Gasteiger partial charge in [-0.05, 0) is 61.1 Å². The van der Waals surface area contributed by atoms with Crippen molar-refractivity contribution in [2.45, 2.75) is 18.4 Å². The topological polar surface area (TPSA) is 83.4 Å². The number of furan rings is 1. The average Bonchev–Trinajstić information content (AvgIpc) is 3.15. The molecule has 2 aromatic carbocycles. The molecule has 0 amide bonds. The number of hydrogen-bond donors (Lipinski definition) is 3. The van der Waals surface area contributed by atoms with Crippen LogP contribution in [0.25, 0.3) is 0 Å². The molecule has 0 saturated carbocycles. The predicted octanol–water partition coefficient (Wildman–Crippen LogP) is 3.88. The van der Waals surface area contributed by atoms with Gasteiger partial charge in [-0.3, -0.25) is 4.72 Å². The molecule has 0 unspecified atom stereocenters. The molecule has 0 aliphatic carbocycles. The Balaban J connectivity index is 1.72. The van der Waals surface area contributed by atoms with Gasteiger partial charge in [0, 0.05) is 11.4 Å². The first-order valence-corrected chi connectivity index (χ1v) is 10.1. The van der Waals surface area contributed by atoms with Gasteiger partial charge in [0.05, 0.1) is 17.7 Å². The largest absolute Gasteiger partial charge is 0.467 e. The zero-order valence-corrected chi connectivity index (χ0v) is 16.2. The van der Waals surface area contributed by atoms with Gasteiger partial charge in [-0.1, -0.05) is 24.3 Å². The second kappa shape index (κ2) is 8.24. The summed E-state index contributed by atoms with van der Waals surface area (Å²) in [5.74, 6) is 0.749. The Labute approximate surface area is 163 Å². The molecule has 3 N–H and O–H groups in total. The maximum absolute atomic E-state index is 12.7. The van der Waals surface area contributed by atoms with E-state index in [-0.39, 0.29) is 4.90 Å². The van der Waals surface area contributed by atoms with Crippen molar-refractivity contribution >= 4 is 38.7 Å². The molecular formula is C19H19N3O3S2. The predicted molar refractivity (Wildman–Crippen MR) is 110 cm³/mol. The first-order chi connectivity index (χ1) is 12.9. The van der Waals surface area contributed by atoms with Crippen molar-refractivity contribution in [1.82, 2.24) is 5.32 Å². The summed E-state index contributed by atoms with van der Waals surface area (Å²) in [7, 11) is -3.72. The lowest BCUT2D eigenvalue weighted by Crippen LogP contribution is -2.27. The van der Waals surface area contributed by atoms with Crippen LogP contribution in [0.4, 0.5) is 11.4 Å². The van der Waals surface area contributed by atoms with E-state index in [0.717, 1.165) is 5.76 Å². The Hall–Kier alpha value is -2.84. The van der Waals surface area contributed by atoms with E-state index in [9.17, 15) is 8.42 Å². The van der Waals surface area contributed by atoms with E-state index in [2.05, 4.69) is 15.4 Å². The molecule has 3 rings (SSSR count). The van der Waals surface area contributed by atoms with Crippen LogP contribution in [-0.4, -0.2) is 13.5 Å². The average molecular weight is 402 g/mol. The number of sulfonamides is 1. The van der Waals surface area contributed by atoms with Gasteiger partial charge < -0.3 is 15.1 Å². The van der Waals surface area contributed by atoms with Crippen molar-refractivity contribution in [3.8, 4) is 0 Å². The van der Waals surface area contributed by atoms with Gasteiger partial charge in [-0.15, -0.1) is 0 Å². The van der Waals surface area contributed by atoms with Gasteiger partial charge in [-0.2, -0.15) is 0 Å². The van der Waals surface area contributed by atoms with E-state index < -0.39 is 10.0 Å².